The van der Waals surface area contributed by atoms with Gasteiger partial charge in [-0.1, -0.05) is 11.3 Å². The highest BCUT2D eigenvalue weighted by Crippen LogP contribution is 2.18. The van der Waals surface area contributed by atoms with Crippen molar-refractivity contribution in [2.75, 3.05) is 26.2 Å². The summed E-state index contributed by atoms with van der Waals surface area (Å²) in [4.78, 5) is 13.9. The van der Waals surface area contributed by atoms with E-state index in [1.165, 1.54) is 11.3 Å². The Balaban J connectivity index is 2.01. The average Bonchev–Trinajstić information content (AvgIpc) is 2.76. The summed E-state index contributed by atoms with van der Waals surface area (Å²) in [5.41, 5.74) is 0. The fraction of sp³-hybridized carbons (Fsp3) is 0.700. The Labute approximate surface area is 114 Å². The lowest BCUT2D eigenvalue weighted by Crippen LogP contribution is -2.54. The maximum Gasteiger partial charge on any atom is 0.324 e. The van der Waals surface area contributed by atoms with Crippen molar-refractivity contribution in [1.29, 1.82) is 0 Å². The van der Waals surface area contributed by atoms with Crippen molar-refractivity contribution in [2.45, 2.75) is 19.5 Å². The van der Waals surface area contributed by atoms with Crippen LogP contribution < -0.4 is 5.32 Å². The van der Waals surface area contributed by atoms with Crippen LogP contribution in [0.25, 0.3) is 0 Å². The van der Waals surface area contributed by atoms with Crippen molar-refractivity contribution in [3.05, 3.63) is 9.47 Å². The Morgan fingerprint density at radius 3 is 3.17 bits per heavy atom. The van der Waals surface area contributed by atoms with E-state index in [1.807, 2.05) is 11.8 Å². The van der Waals surface area contributed by atoms with Gasteiger partial charge in [-0.05, 0) is 18.5 Å². The molecule has 1 aromatic rings. The maximum atomic E-state index is 11.8. The lowest BCUT2D eigenvalue weighted by Gasteiger charge is -2.33. The second-order valence-corrected chi connectivity index (χ2v) is 5.54. The Morgan fingerprint density at radius 1 is 1.67 bits per heavy atom. The number of carbonyl (C=O) groups excluding carboxylic acids is 1. The lowest BCUT2D eigenvalue weighted by molar-refractivity contribution is -0.150. The van der Waals surface area contributed by atoms with Gasteiger partial charge in [-0.15, -0.1) is 10.2 Å². The summed E-state index contributed by atoms with van der Waals surface area (Å²) in [6, 6.07) is -0.263. The van der Waals surface area contributed by atoms with E-state index in [2.05, 4.69) is 15.5 Å². The van der Waals surface area contributed by atoms with Crippen LogP contribution in [-0.2, 0) is 16.1 Å². The molecule has 0 radical (unpaired) electrons. The summed E-state index contributed by atoms with van der Waals surface area (Å²) >= 11 is 7.09. The van der Waals surface area contributed by atoms with Crippen molar-refractivity contribution < 1.29 is 9.53 Å². The van der Waals surface area contributed by atoms with Gasteiger partial charge in [0.15, 0.2) is 0 Å². The van der Waals surface area contributed by atoms with E-state index in [0.29, 0.717) is 24.2 Å². The van der Waals surface area contributed by atoms with E-state index in [0.717, 1.165) is 18.1 Å². The monoisotopic (exact) mass is 290 g/mol. The molecule has 1 atom stereocenters. The van der Waals surface area contributed by atoms with Crippen molar-refractivity contribution in [3.63, 3.8) is 0 Å². The van der Waals surface area contributed by atoms with Crippen molar-refractivity contribution in [3.8, 4) is 0 Å². The molecule has 0 aromatic carbocycles. The second-order valence-electron chi connectivity index (χ2n) is 3.89. The van der Waals surface area contributed by atoms with Crippen molar-refractivity contribution >= 4 is 28.9 Å². The summed E-state index contributed by atoms with van der Waals surface area (Å²) in [7, 11) is 0. The maximum absolute atomic E-state index is 11.8. The molecule has 18 heavy (non-hydrogen) atoms. The highest BCUT2D eigenvalue weighted by molar-refractivity contribution is 7.15. The number of hydrogen-bond acceptors (Lipinski definition) is 7. The molecule has 2 heterocycles. The molecule has 0 amide bonds. The molecule has 6 nitrogen and oxygen atoms in total. The first-order chi connectivity index (χ1) is 8.70. The van der Waals surface area contributed by atoms with Crippen LogP contribution in [0, 0.1) is 0 Å². The zero-order valence-electron chi connectivity index (χ0n) is 10.1. The number of esters is 1. The number of ether oxygens (including phenoxy) is 1. The average molecular weight is 291 g/mol. The number of nitrogens with zero attached hydrogens (tertiary/aromatic N) is 3. The van der Waals surface area contributed by atoms with Crippen molar-refractivity contribution in [2.24, 2.45) is 0 Å². The summed E-state index contributed by atoms with van der Waals surface area (Å²) < 4.78 is 5.50. The van der Waals surface area contributed by atoms with Gasteiger partial charge in [-0.3, -0.25) is 9.69 Å². The number of carbonyl (C=O) groups is 1. The number of halogens is 1. The molecule has 0 aliphatic carbocycles. The van der Waals surface area contributed by atoms with Gasteiger partial charge in [0.25, 0.3) is 0 Å². The molecule has 0 saturated carbocycles. The van der Waals surface area contributed by atoms with Gasteiger partial charge in [0.05, 0.1) is 13.2 Å². The quantitative estimate of drug-likeness (QED) is 0.816. The molecule has 1 fully saturated rings. The van der Waals surface area contributed by atoms with Crippen LogP contribution in [0.2, 0.25) is 4.47 Å². The Kier molecular flexibility index (Phi) is 4.87. The topological polar surface area (TPSA) is 67.3 Å². The zero-order chi connectivity index (χ0) is 13.0. The van der Waals surface area contributed by atoms with Gasteiger partial charge < -0.3 is 10.1 Å². The van der Waals surface area contributed by atoms with E-state index < -0.39 is 0 Å². The van der Waals surface area contributed by atoms with Crippen LogP contribution in [0.15, 0.2) is 0 Å². The predicted molar refractivity (Wildman–Crippen MR) is 68.6 cm³/mol. The third kappa shape index (κ3) is 3.38. The van der Waals surface area contributed by atoms with Crippen LogP contribution in [0.4, 0.5) is 0 Å². The Bertz CT molecular complexity index is 414. The Morgan fingerprint density at radius 2 is 2.50 bits per heavy atom. The highest BCUT2D eigenvalue weighted by atomic mass is 35.5. The predicted octanol–water partition coefficient (Wildman–Crippen LogP) is 0.528. The molecular weight excluding hydrogens is 276 g/mol. The number of hydrogen-bond donors (Lipinski definition) is 1. The normalized spacial score (nSPS) is 20.9. The second kappa shape index (κ2) is 6.42. The summed E-state index contributed by atoms with van der Waals surface area (Å²) in [6.45, 7) is 5.01. The van der Waals surface area contributed by atoms with Crippen LogP contribution in [-0.4, -0.2) is 53.3 Å². The van der Waals surface area contributed by atoms with Crippen LogP contribution in [0.1, 0.15) is 11.9 Å². The molecule has 1 N–H and O–H groups in total. The Hall–Kier alpha value is -0.760. The van der Waals surface area contributed by atoms with E-state index >= 15 is 0 Å². The smallest absolute Gasteiger partial charge is 0.324 e. The third-order valence-corrected chi connectivity index (χ3v) is 3.70. The lowest BCUT2D eigenvalue weighted by atomic mass is 10.2. The molecular formula is C10H15ClN4O2S. The van der Waals surface area contributed by atoms with Crippen LogP contribution >= 0.6 is 22.9 Å². The van der Waals surface area contributed by atoms with E-state index in [4.69, 9.17) is 16.3 Å². The molecule has 2 rings (SSSR count). The highest BCUT2D eigenvalue weighted by Gasteiger charge is 2.30. The van der Waals surface area contributed by atoms with Gasteiger partial charge in [0.1, 0.15) is 11.0 Å². The third-order valence-electron chi connectivity index (χ3n) is 2.69. The SMILES string of the molecule is CCOC(=O)C1CNCCN1Cc1nnc(Cl)s1. The first-order valence-electron chi connectivity index (χ1n) is 5.80. The fourth-order valence-corrected chi connectivity index (χ4v) is 2.77. The number of nitrogens with one attached hydrogen (secondary N) is 1. The molecule has 0 spiro atoms. The number of rotatable bonds is 4. The molecule has 1 unspecified atom stereocenters. The van der Waals surface area contributed by atoms with E-state index in [-0.39, 0.29) is 12.0 Å². The van der Waals surface area contributed by atoms with Gasteiger partial charge in [-0.2, -0.15) is 0 Å². The number of aromatic nitrogens is 2. The first kappa shape index (κ1) is 13.7. The minimum Gasteiger partial charge on any atom is -0.465 e. The van der Waals surface area contributed by atoms with E-state index in [9.17, 15) is 4.79 Å². The molecule has 0 bridgehead atoms. The fourth-order valence-electron chi connectivity index (χ4n) is 1.88. The molecule has 100 valence electrons. The van der Waals surface area contributed by atoms with E-state index in [1.54, 1.807) is 0 Å². The molecule has 8 heteroatoms. The largest absolute Gasteiger partial charge is 0.465 e. The van der Waals surface area contributed by atoms with Crippen LogP contribution in [0.5, 0.6) is 0 Å². The zero-order valence-corrected chi connectivity index (χ0v) is 11.6. The summed E-state index contributed by atoms with van der Waals surface area (Å²) in [5, 5.41) is 11.7. The molecule has 1 saturated heterocycles. The molecule has 1 aliphatic rings. The molecule has 1 aromatic heterocycles. The first-order valence-corrected chi connectivity index (χ1v) is 6.99. The van der Waals surface area contributed by atoms with Gasteiger partial charge in [0.2, 0.25) is 4.47 Å². The standard InChI is InChI=1S/C10H15ClN4O2S/c1-2-17-9(16)7-5-12-3-4-15(7)6-8-13-14-10(11)18-8/h7,12H,2-6H2,1H3. The number of piperazine rings is 1. The minimum atomic E-state index is -0.263. The summed E-state index contributed by atoms with van der Waals surface area (Å²) in [5.74, 6) is -0.194. The summed E-state index contributed by atoms with van der Waals surface area (Å²) in [6.07, 6.45) is 0. The van der Waals surface area contributed by atoms with Gasteiger partial charge in [0, 0.05) is 19.6 Å². The van der Waals surface area contributed by atoms with Gasteiger partial charge in [-0.25, -0.2) is 0 Å². The molecule has 1 aliphatic heterocycles. The van der Waals surface area contributed by atoms with Crippen molar-refractivity contribution in [1.82, 2.24) is 20.4 Å². The minimum absolute atomic E-state index is 0.194. The van der Waals surface area contributed by atoms with Crippen LogP contribution in [0.3, 0.4) is 0 Å². The van der Waals surface area contributed by atoms with Gasteiger partial charge >= 0.3 is 5.97 Å².